The fraction of sp³-hybridized carbons (Fsp3) is 1.00. The number of piperidine rings is 2. The second kappa shape index (κ2) is 5.50. The van der Waals surface area contributed by atoms with E-state index in [0.29, 0.717) is 0 Å². The third-order valence-corrected chi connectivity index (χ3v) is 4.65. The molecule has 0 N–H and O–H groups in total. The summed E-state index contributed by atoms with van der Waals surface area (Å²) in [6.07, 6.45) is 4.24. The van der Waals surface area contributed by atoms with E-state index in [0.717, 1.165) is 17.8 Å². The van der Waals surface area contributed by atoms with Crippen LogP contribution in [0, 0.1) is 17.8 Å². The predicted molar refractivity (Wildman–Crippen MR) is 69.6 cm³/mol. The lowest BCUT2D eigenvalue weighted by Gasteiger charge is -2.39. The molecule has 2 atom stereocenters. The molecule has 0 aromatic rings. The van der Waals surface area contributed by atoms with Crippen molar-refractivity contribution in [2.24, 2.45) is 17.8 Å². The molecule has 2 saturated heterocycles. The van der Waals surface area contributed by atoms with E-state index in [9.17, 15) is 0 Å². The van der Waals surface area contributed by atoms with Crippen LogP contribution in [0.25, 0.3) is 0 Å². The smallest absolute Gasteiger partial charge is 0.00132 e. The minimum absolute atomic E-state index is 0.887. The molecule has 0 amide bonds. The molecule has 2 heterocycles. The van der Waals surface area contributed by atoms with Crippen molar-refractivity contribution >= 4 is 0 Å². The molecule has 94 valence electrons. The third kappa shape index (κ3) is 3.21. The van der Waals surface area contributed by atoms with E-state index in [1.807, 2.05) is 0 Å². The first-order valence-corrected chi connectivity index (χ1v) is 7.06. The summed E-state index contributed by atoms with van der Waals surface area (Å²) < 4.78 is 0. The van der Waals surface area contributed by atoms with Gasteiger partial charge >= 0.3 is 0 Å². The minimum Gasteiger partial charge on any atom is -0.306 e. The van der Waals surface area contributed by atoms with Gasteiger partial charge in [-0.3, -0.25) is 0 Å². The van der Waals surface area contributed by atoms with Gasteiger partial charge in [-0.2, -0.15) is 0 Å². The van der Waals surface area contributed by atoms with Gasteiger partial charge in [0, 0.05) is 13.1 Å². The van der Waals surface area contributed by atoms with Gasteiger partial charge in [0.15, 0.2) is 0 Å². The molecule has 0 bridgehead atoms. The Hall–Kier alpha value is -0.0800. The van der Waals surface area contributed by atoms with Crippen LogP contribution < -0.4 is 0 Å². The Morgan fingerprint density at radius 2 is 1.69 bits per heavy atom. The molecular weight excluding hydrogens is 196 g/mol. The molecule has 0 saturated carbocycles. The molecule has 16 heavy (non-hydrogen) atoms. The minimum atomic E-state index is 0.887. The summed E-state index contributed by atoms with van der Waals surface area (Å²) in [5.41, 5.74) is 0. The molecule has 0 aliphatic carbocycles. The van der Waals surface area contributed by atoms with Crippen LogP contribution in [0.4, 0.5) is 0 Å². The van der Waals surface area contributed by atoms with E-state index in [1.54, 1.807) is 0 Å². The summed E-state index contributed by atoms with van der Waals surface area (Å²) in [7, 11) is 2.26. The second-order valence-corrected chi connectivity index (χ2v) is 6.27. The van der Waals surface area contributed by atoms with Crippen LogP contribution in [-0.2, 0) is 0 Å². The first-order chi connectivity index (χ1) is 7.65. The first kappa shape index (κ1) is 12.4. The SMILES string of the molecule is CC1CCN(C[C@H]2CCN(C)C[C@H]2C)CC1. The Morgan fingerprint density at radius 3 is 2.31 bits per heavy atom. The van der Waals surface area contributed by atoms with Gasteiger partial charge in [-0.15, -0.1) is 0 Å². The van der Waals surface area contributed by atoms with Crippen LogP contribution in [0.3, 0.4) is 0 Å². The molecule has 2 fully saturated rings. The van der Waals surface area contributed by atoms with Crippen molar-refractivity contribution in [1.29, 1.82) is 0 Å². The quantitative estimate of drug-likeness (QED) is 0.710. The number of rotatable bonds is 2. The number of nitrogens with zero attached hydrogens (tertiary/aromatic N) is 2. The highest BCUT2D eigenvalue weighted by Gasteiger charge is 2.27. The molecule has 2 rings (SSSR count). The molecule has 0 unspecified atom stereocenters. The van der Waals surface area contributed by atoms with Crippen LogP contribution in [0.5, 0.6) is 0 Å². The molecule has 2 aliphatic heterocycles. The van der Waals surface area contributed by atoms with Gasteiger partial charge < -0.3 is 9.80 Å². The van der Waals surface area contributed by atoms with Crippen molar-refractivity contribution in [1.82, 2.24) is 9.80 Å². The molecule has 0 aromatic heterocycles. The van der Waals surface area contributed by atoms with Gasteiger partial charge in [0.05, 0.1) is 0 Å². The van der Waals surface area contributed by atoms with Crippen molar-refractivity contribution in [3.63, 3.8) is 0 Å². The number of hydrogen-bond acceptors (Lipinski definition) is 2. The summed E-state index contributed by atoms with van der Waals surface area (Å²) in [6, 6.07) is 0. The molecule has 0 radical (unpaired) electrons. The zero-order chi connectivity index (χ0) is 11.5. The molecule has 0 aromatic carbocycles. The lowest BCUT2D eigenvalue weighted by Crippen LogP contribution is -2.44. The van der Waals surface area contributed by atoms with Gasteiger partial charge in [-0.25, -0.2) is 0 Å². The average Bonchev–Trinajstić information content (AvgIpc) is 2.25. The monoisotopic (exact) mass is 224 g/mol. The first-order valence-electron chi connectivity index (χ1n) is 7.06. The van der Waals surface area contributed by atoms with Crippen LogP contribution in [0.15, 0.2) is 0 Å². The average molecular weight is 224 g/mol. The van der Waals surface area contributed by atoms with Crippen LogP contribution in [-0.4, -0.2) is 49.6 Å². The van der Waals surface area contributed by atoms with E-state index in [4.69, 9.17) is 0 Å². The lowest BCUT2D eigenvalue weighted by atomic mass is 9.86. The topological polar surface area (TPSA) is 6.48 Å². The van der Waals surface area contributed by atoms with Gasteiger partial charge in [-0.05, 0) is 63.7 Å². The van der Waals surface area contributed by atoms with Gasteiger partial charge in [0.25, 0.3) is 0 Å². The molecule has 2 heteroatoms. The molecule has 2 nitrogen and oxygen atoms in total. The Bertz CT molecular complexity index is 209. The Morgan fingerprint density at radius 1 is 1.00 bits per heavy atom. The largest absolute Gasteiger partial charge is 0.306 e. The lowest BCUT2D eigenvalue weighted by molar-refractivity contribution is 0.0949. The van der Waals surface area contributed by atoms with Crippen molar-refractivity contribution < 1.29 is 0 Å². The van der Waals surface area contributed by atoms with Crippen LogP contribution in [0.2, 0.25) is 0 Å². The van der Waals surface area contributed by atoms with Gasteiger partial charge in [0.2, 0.25) is 0 Å². The third-order valence-electron chi connectivity index (χ3n) is 4.65. The highest BCUT2D eigenvalue weighted by atomic mass is 15.1. The zero-order valence-electron chi connectivity index (χ0n) is 11.3. The van der Waals surface area contributed by atoms with Crippen LogP contribution >= 0.6 is 0 Å². The number of likely N-dealkylation sites (tertiary alicyclic amines) is 2. The highest BCUT2D eigenvalue weighted by molar-refractivity contribution is 4.80. The van der Waals surface area contributed by atoms with E-state index < -0.39 is 0 Å². The number of hydrogen-bond donors (Lipinski definition) is 0. The van der Waals surface area contributed by atoms with E-state index in [-0.39, 0.29) is 0 Å². The van der Waals surface area contributed by atoms with Crippen molar-refractivity contribution in [2.45, 2.75) is 33.1 Å². The standard InChI is InChI=1S/C14H28N2/c1-12-4-8-16(9-5-12)11-14-6-7-15(3)10-13(14)2/h12-14H,4-11H2,1-3H3/t13-,14-/m1/s1. The summed E-state index contributed by atoms with van der Waals surface area (Å²) in [5, 5.41) is 0. The van der Waals surface area contributed by atoms with Crippen molar-refractivity contribution in [3.8, 4) is 0 Å². The summed E-state index contributed by atoms with van der Waals surface area (Å²) >= 11 is 0. The normalized spacial score (nSPS) is 35.4. The fourth-order valence-electron chi connectivity index (χ4n) is 3.25. The molecular formula is C14H28N2. The van der Waals surface area contributed by atoms with E-state index in [2.05, 4.69) is 30.7 Å². The highest BCUT2D eigenvalue weighted by Crippen LogP contribution is 2.25. The van der Waals surface area contributed by atoms with Crippen molar-refractivity contribution in [3.05, 3.63) is 0 Å². The Labute approximate surface area is 101 Å². The van der Waals surface area contributed by atoms with Gasteiger partial charge in [-0.1, -0.05) is 13.8 Å². The fourth-order valence-corrected chi connectivity index (χ4v) is 3.25. The van der Waals surface area contributed by atoms with Crippen molar-refractivity contribution in [2.75, 3.05) is 39.8 Å². The Kier molecular flexibility index (Phi) is 4.26. The Balaban J connectivity index is 1.76. The zero-order valence-corrected chi connectivity index (χ0v) is 11.3. The maximum atomic E-state index is 2.71. The maximum absolute atomic E-state index is 2.71. The molecule has 2 aliphatic rings. The summed E-state index contributed by atoms with van der Waals surface area (Å²) in [4.78, 5) is 5.20. The summed E-state index contributed by atoms with van der Waals surface area (Å²) in [6.45, 7) is 11.5. The maximum Gasteiger partial charge on any atom is 0.00132 e. The predicted octanol–water partition coefficient (Wildman–Crippen LogP) is 2.31. The summed E-state index contributed by atoms with van der Waals surface area (Å²) in [5.74, 6) is 2.80. The van der Waals surface area contributed by atoms with Gasteiger partial charge in [0.1, 0.15) is 0 Å². The van der Waals surface area contributed by atoms with Crippen LogP contribution in [0.1, 0.15) is 33.1 Å². The van der Waals surface area contributed by atoms with E-state index in [1.165, 1.54) is 52.0 Å². The van der Waals surface area contributed by atoms with E-state index >= 15 is 0 Å². The second-order valence-electron chi connectivity index (χ2n) is 6.27. The molecule has 0 spiro atoms.